The Bertz CT molecular complexity index is 1030. The second kappa shape index (κ2) is 10.3. The fraction of sp³-hybridized carbons (Fsp3) is 0.458. The van der Waals surface area contributed by atoms with E-state index in [-0.39, 0.29) is 23.4 Å². The first-order valence-corrected chi connectivity index (χ1v) is 12.3. The summed E-state index contributed by atoms with van der Waals surface area (Å²) in [6.07, 6.45) is 5.25. The first-order valence-electron chi connectivity index (χ1n) is 10.8. The maximum Gasteiger partial charge on any atom is 0.264 e. The lowest BCUT2D eigenvalue weighted by Crippen LogP contribution is -2.45. The van der Waals surface area contributed by atoms with Crippen molar-refractivity contribution >= 4 is 21.6 Å². The Morgan fingerprint density at radius 2 is 1.59 bits per heavy atom. The van der Waals surface area contributed by atoms with Gasteiger partial charge in [-0.25, -0.2) is 8.42 Å². The number of hydrogen-bond acceptors (Lipinski definition) is 5. The summed E-state index contributed by atoms with van der Waals surface area (Å²) in [4.78, 5) is 15.0. The number of anilines is 1. The number of carbonyl (C=O) groups excluding carboxylic acids is 1. The number of rotatable bonds is 8. The Labute approximate surface area is 191 Å². The number of nitrogens with zero attached hydrogens (tertiary/aromatic N) is 2. The molecule has 2 aromatic carbocycles. The van der Waals surface area contributed by atoms with Crippen LogP contribution in [0.3, 0.4) is 0 Å². The summed E-state index contributed by atoms with van der Waals surface area (Å²) in [6.45, 7) is 1.60. The molecule has 0 unspecified atom stereocenters. The SMILES string of the molecule is COc1ccc(N(CC(=O)N(C)C2CCCCC2)S(=O)(=O)c2ccc(C)cc2)cc1OC. The van der Waals surface area contributed by atoms with Gasteiger partial charge in [-0.1, -0.05) is 37.0 Å². The summed E-state index contributed by atoms with van der Waals surface area (Å²) in [7, 11) is 0.786. The van der Waals surface area contributed by atoms with Gasteiger partial charge in [-0.3, -0.25) is 9.10 Å². The minimum Gasteiger partial charge on any atom is -0.493 e. The fourth-order valence-corrected chi connectivity index (χ4v) is 5.44. The lowest BCUT2D eigenvalue weighted by molar-refractivity contribution is -0.130. The minimum absolute atomic E-state index is 0.131. The Hall–Kier alpha value is -2.74. The molecule has 0 atom stereocenters. The summed E-state index contributed by atoms with van der Waals surface area (Å²) in [5.41, 5.74) is 1.29. The smallest absolute Gasteiger partial charge is 0.264 e. The van der Waals surface area contributed by atoms with E-state index in [1.807, 2.05) is 6.92 Å². The molecule has 8 heteroatoms. The molecule has 0 bridgehead atoms. The molecular weight excluding hydrogens is 428 g/mol. The molecule has 1 fully saturated rings. The number of hydrogen-bond donors (Lipinski definition) is 0. The number of aryl methyl sites for hydroxylation is 1. The van der Waals surface area contributed by atoms with Crippen molar-refractivity contribution in [1.29, 1.82) is 0 Å². The van der Waals surface area contributed by atoms with Crippen LogP contribution in [0.25, 0.3) is 0 Å². The zero-order chi connectivity index (χ0) is 23.3. The number of carbonyl (C=O) groups is 1. The van der Waals surface area contributed by atoms with Gasteiger partial charge in [0.25, 0.3) is 10.0 Å². The van der Waals surface area contributed by atoms with Gasteiger partial charge in [0.2, 0.25) is 5.91 Å². The van der Waals surface area contributed by atoms with Crippen molar-refractivity contribution in [2.45, 2.75) is 50.0 Å². The zero-order valence-electron chi connectivity index (χ0n) is 19.2. The normalized spacial score (nSPS) is 14.6. The Kier molecular flexibility index (Phi) is 7.66. The average molecular weight is 461 g/mol. The van der Waals surface area contributed by atoms with Crippen LogP contribution in [-0.2, 0) is 14.8 Å². The van der Waals surface area contributed by atoms with Gasteiger partial charge < -0.3 is 14.4 Å². The van der Waals surface area contributed by atoms with Crippen LogP contribution >= 0.6 is 0 Å². The zero-order valence-corrected chi connectivity index (χ0v) is 20.0. The Balaban J connectivity index is 1.99. The van der Waals surface area contributed by atoms with Crippen molar-refractivity contribution in [3.8, 4) is 11.5 Å². The van der Waals surface area contributed by atoms with Gasteiger partial charge in [0.15, 0.2) is 11.5 Å². The summed E-state index contributed by atoms with van der Waals surface area (Å²) in [5, 5.41) is 0. The lowest BCUT2D eigenvalue weighted by Gasteiger charge is -2.33. The maximum atomic E-state index is 13.6. The van der Waals surface area contributed by atoms with Gasteiger partial charge in [-0.15, -0.1) is 0 Å². The van der Waals surface area contributed by atoms with E-state index < -0.39 is 10.0 Å². The molecule has 0 N–H and O–H groups in total. The van der Waals surface area contributed by atoms with Crippen LogP contribution in [0.15, 0.2) is 47.4 Å². The van der Waals surface area contributed by atoms with Crippen LogP contribution in [0.4, 0.5) is 5.69 Å². The number of benzene rings is 2. The molecule has 174 valence electrons. The third-order valence-electron chi connectivity index (χ3n) is 6.06. The first kappa shape index (κ1) is 23.9. The predicted molar refractivity (Wildman–Crippen MR) is 125 cm³/mol. The van der Waals surface area contributed by atoms with Crippen molar-refractivity contribution < 1.29 is 22.7 Å². The third-order valence-corrected chi connectivity index (χ3v) is 7.85. The van der Waals surface area contributed by atoms with E-state index in [1.165, 1.54) is 20.6 Å². The molecule has 0 aliphatic heterocycles. The van der Waals surface area contributed by atoms with Crippen molar-refractivity contribution in [3.63, 3.8) is 0 Å². The number of ether oxygens (including phenoxy) is 2. The van der Waals surface area contributed by atoms with Gasteiger partial charge >= 0.3 is 0 Å². The fourth-order valence-electron chi connectivity index (χ4n) is 4.04. The van der Waals surface area contributed by atoms with Crippen molar-refractivity contribution in [2.24, 2.45) is 0 Å². The molecule has 0 saturated heterocycles. The van der Waals surface area contributed by atoms with Crippen molar-refractivity contribution in [2.75, 3.05) is 32.1 Å². The van der Waals surface area contributed by atoms with E-state index in [0.29, 0.717) is 17.2 Å². The highest BCUT2D eigenvalue weighted by Gasteiger charge is 2.31. The number of methoxy groups -OCH3 is 2. The molecule has 0 aromatic heterocycles. The van der Waals surface area contributed by atoms with Crippen LogP contribution in [-0.4, -0.2) is 53.1 Å². The van der Waals surface area contributed by atoms with E-state index in [4.69, 9.17) is 9.47 Å². The van der Waals surface area contributed by atoms with Gasteiger partial charge in [-0.2, -0.15) is 0 Å². The van der Waals surface area contributed by atoms with Crippen LogP contribution in [0.5, 0.6) is 11.5 Å². The molecular formula is C24H32N2O5S. The van der Waals surface area contributed by atoms with Gasteiger partial charge in [-0.05, 0) is 44.0 Å². The van der Waals surface area contributed by atoms with E-state index in [0.717, 1.165) is 35.6 Å². The second-order valence-corrected chi connectivity index (χ2v) is 10.0. The molecule has 1 amide bonds. The number of sulfonamides is 1. The van der Waals surface area contributed by atoms with E-state index in [1.54, 1.807) is 54.4 Å². The van der Waals surface area contributed by atoms with Gasteiger partial charge in [0.05, 0.1) is 24.8 Å². The summed E-state index contributed by atoms with van der Waals surface area (Å²) in [5.74, 6) is 0.638. The summed E-state index contributed by atoms with van der Waals surface area (Å²) < 4.78 is 39.0. The first-order chi connectivity index (χ1) is 15.3. The quantitative estimate of drug-likeness (QED) is 0.595. The number of amides is 1. The van der Waals surface area contributed by atoms with Crippen LogP contribution < -0.4 is 13.8 Å². The topological polar surface area (TPSA) is 76.2 Å². The standard InChI is InChI=1S/C24H32N2O5S/c1-18-10-13-21(14-11-18)32(28,29)26(20-12-15-22(30-3)23(16-20)31-4)17-24(27)25(2)19-8-6-5-7-9-19/h10-16,19H,5-9,17H2,1-4H3. The molecule has 7 nitrogen and oxygen atoms in total. The highest BCUT2D eigenvalue weighted by molar-refractivity contribution is 7.92. The maximum absolute atomic E-state index is 13.6. The average Bonchev–Trinajstić information content (AvgIpc) is 2.82. The Morgan fingerprint density at radius 1 is 0.969 bits per heavy atom. The van der Waals surface area contributed by atoms with Crippen LogP contribution in [0, 0.1) is 6.92 Å². The molecule has 3 rings (SSSR count). The molecule has 32 heavy (non-hydrogen) atoms. The molecule has 2 aromatic rings. The molecule has 1 aliphatic carbocycles. The van der Waals surface area contributed by atoms with Crippen LogP contribution in [0.1, 0.15) is 37.7 Å². The predicted octanol–water partition coefficient (Wildman–Crippen LogP) is 4.00. The lowest BCUT2D eigenvalue weighted by atomic mass is 9.94. The van der Waals surface area contributed by atoms with E-state index in [2.05, 4.69) is 0 Å². The summed E-state index contributed by atoms with van der Waals surface area (Å²) in [6, 6.07) is 11.6. The third kappa shape index (κ3) is 5.18. The second-order valence-electron chi connectivity index (χ2n) is 8.16. The van der Waals surface area contributed by atoms with E-state index >= 15 is 0 Å². The van der Waals surface area contributed by atoms with Crippen LogP contribution in [0.2, 0.25) is 0 Å². The van der Waals surface area contributed by atoms with Gasteiger partial charge in [0, 0.05) is 19.2 Å². The van der Waals surface area contributed by atoms with Crippen molar-refractivity contribution in [1.82, 2.24) is 4.90 Å². The minimum atomic E-state index is -3.99. The van der Waals surface area contributed by atoms with E-state index in [9.17, 15) is 13.2 Å². The number of likely N-dealkylation sites (N-methyl/N-ethyl adjacent to an activating group) is 1. The molecule has 1 saturated carbocycles. The highest BCUT2D eigenvalue weighted by Crippen LogP contribution is 2.34. The monoisotopic (exact) mass is 460 g/mol. The van der Waals surface area contributed by atoms with Gasteiger partial charge in [0.1, 0.15) is 6.54 Å². The Morgan fingerprint density at radius 3 is 2.19 bits per heavy atom. The molecule has 0 heterocycles. The largest absolute Gasteiger partial charge is 0.493 e. The molecule has 0 radical (unpaired) electrons. The molecule has 1 aliphatic rings. The molecule has 0 spiro atoms. The highest BCUT2D eigenvalue weighted by atomic mass is 32.2. The van der Waals surface area contributed by atoms with Crippen molar-refractivity contribution in [3.05, 3.63) is 48.0 Å². The summed E-state index contributed by atoms with van der Waals surface area (Å²) >= 11 is 0.